The molecular formula is C19H16N6. The molecule has 3 heterocycles. The van der Waals surface area contributed by atoms with E-state index in [9.17, 15) is 0 Å². The van der Waals surface area contributed by atoms with E-state index in [0.717, 1.165) is 28.3 Å². The van der Waals surface area contributed by atoms with Crippen molar-refractivity contribution in [2.75, 3.05) is 0 Å². The molecule has 0 unspecified atom stereocenters. The van der Waals surface area contributed by atoms with Gasteiger partial charge in [0.15, 0.2) is 11.5 Å². The number of imidazole rings is 1. The minimum Gasteiger partial charge on any atom is -0.327 e. The fourth-order valence-corrected chi connectivity index (χ4v) is 2.59. The number of aryl methyl sites for hydroxylation is 3. The van der Waals surface area contributed by atoms with Crippen LogP contribution in [0.5, 0.6) is 0 Å². The molecule has 0 fully saturated rings. The average Bonchev–Trinajstić information content (AvgIpc) is 3.22. The summed E-state index contributed by atoms with van der Waals surface area (Å²) in [5.74, 6) is 7.20. The molecule has 0 aliphatic carbocycles. The maximum atomic E-state index is 4.60. The first-order chi connectivity index (χ1) is 12.1. The highest BCUT2D eigenvalue weighted by atomic mass is 15.3. The van der Waals surface area contributed by atoms with E-state index in [1.165, 1.54) is 0 Å². The highest BCUT2D eigenvalue weighted by molar-refractivity contribution is 5.59. The molecule has 0 radical (unpaired) electrons. The van der Waals surface area contributed by atoms with E-state index in [1.807, 2.05) is 62.0 Å². The topological polar surface area (TPSA) is 60.9 Å². The Morgan fingerprint density at radius 1 is 1.00 bits per heavy atom. The second-order valence-electron chi connectivity index (χ2n) is 5.83. The highest BCUT2D eigenvalue weighted by Crippen LogP contribution is 2.17. The van der Waals surface area contributed by atoms with Crippen LogP contribution in [0.25, 0.3) is 16.9 Å². The van der Waals surface area contributed by atoms with Crippen LogP contribution in [0.2, 0.25) is 0 Å². The van der Waals surface area contributed by atoms with Crippen LogP contribution in [0, 0.1) is 25.7 Å². The van der Waals surface area contributed by atoms with Crippen molar-refractivity contribution in [3.8, 4) is 23.1 Å². The molecule has 0 saturated carbocycles. The summed E-state index contributed by atoms with van der Waals surface area (Å²) in [6, 6.07) is 10.0. The lowest BCUT2D eigenvalue weighted by atomic mass is 10.2. The summed E-state index contributed by atoms with van der Waals surface area (Å²) in [5.41, 5.74) is 4.44. The fraction of sp³-hybridized carbons (Fsp3) is 0.158. The summed E-state index contributed by atoms with van der Waals surface area (Å²) in [6.45, 7) is 3.85. The Hall–Kier alpha value is -3.46. The fourth-order valence-electron chi connectivity index (χ4n) is 2.59. The van der Waals surface area contributed by atoms with E-state index in [1.54, 1.807) is 10.7 Å². The van der Waals surface area contributed by atoms with Gasteiger partial charge >= 0.3 is 0 Å². The first-order valence-corrected chi connectivity index (χ1v) is 7.91. The SMILES string of the molecule is Cc1ncc(C)n2nc(C#Cc3nc(-c4ccccc4)cn3C)nc12. The van der Waals surface area contributed by atoms with Crippen LogP contribution < -0.4 is 0 Å². The number of fused-ring (bicyclic) bond motifs is 1. The summed E-state index contributed by atoms with van der Waals surface area (Å²) in [4.78, 5) is 13.4. The van der Waals surface area contributed by atoms with Crippen molar-refractivity contribution in [1.29, 1.82) is 0 Å². The molecule has 0 bridgehead atoms. The van der Waals surface area contributed by atoms with E-state index >= 15 is 0 Å². The van der Waals surface area contributed by atoms with Crippen molar-refractivity contribution in [2.24, 2.45) is 7.05 Å². The predicted octanol–water partition coefficient (Wildman–Crippen LogP) is 2.54. The van der Waals surface area contributed by atoms with Crippen LogP contribution in [0.1, 0.15) is 23.0 Å². The Balaban J connectivity index is 1.71. The summed E-state index contributed by atoms with van der Waals surface area (Å²) in [7, 11) is 1.93. The smallest absolute Gasteiger partial charge is 0.226 e. The standard InChI is InChI=1S/C19H16N6/c1-13-11-20-14(2)19-22-17(23-25(13)19)9-10-18-21-16(12-24(18)3)15-7-5-4-6-8-15/h4-8,11-12H,1-3H3. The molecule has 4 rings (SSSR count). The normalized spacial score (nSPS) is 10.7. The molecule has 0 spiro atoms. The lowest BCUT2D eigenvalue weighted by Gasteiger charge is -1.97. The van der Waals surface area contributed by atoms with Crippen molar-refractivity contribution in [1.82, 2.24) is 29.1 Å². The van der Waals surface area contributed by atoms with Crippen molar-refractivity contribution >= 4 is 5.65 Å². The number of nitrogens with zero attached hydrogens (tertiary/aromatic N) is 6. The van der Waals surface area contributed by atoms with Crippen molar-refractivity contribution < 1.29 is 0 Å². The number of hydrogen-bond donors (Lipinski definition) is 0. The lowest BCUT2D eigenvalue weighted by Crippen LogP contribution is -1.97. The van der Waals surface area contributed by atoms with Gasteiger partial charge in [-0.1, -0.05) is 30.3 Å². The molecule has 0 atom stereocenters. The van der Waals surface area contributed by atoms with Crippen LogP contribution in [-0.4, -0.2) is 29.1 Å². The van der Waals surface area contributed by atoms with Crippen LogP contribution in [0.3, 0.4) is 0 Å². The second-order valence-corrected chi connectivity index (χ2v) is 5.83. The van der Waals surface area contributed by atoms with Crippen molar-refractivity contribution in [2.45, 2.75) is 13.8 Å². The first kappa shape index (κ1) is 15.1. The van der Waals surface area contributed by atoms with Crippen LogP contribution in [-0.2, 0) is 7.05 Å². The maximum Gasteiger partial charge on any atom is 0.226 e. The van der Waals surface area contributed by atoms with Gasteiger partial charge < -0.3 is 4.57 Å². The minimum absolute atomic E-state index is 0.462. The molecule has 25 heavy (non-hydrogen) atoms. The number of hydrogen-bond acceptors (Lipinski definition) is 4. The predicted molar refractivity (Wildman–Crippen MR) is 94.9 cm³/mol. The van der Waals surface area contributed by atoms with Crippen molar-refractivity contribution in [3.05, 3.63) is 65.8 Å². The monoisotopic (exact) mass is 328 g/mol. The van der Waals surface area contributed by atoms with E-state index in [0.29, 0.717) is 11.6 Å². The van der Waals surface area contributed by atoms with E-state index in [2.05, 4.69) is 31.9 Å². The van der Waals surface area contributed by atoms with Gasteiger partial charge in [-0.15, -0.1) is 5.10 Å². The van der Waals surface area contributed by atoms with Gasteiger partial charge in [-0.2, -0.15) is 4.98 Å². The summed E-state index contributed by atoms with van der Waals surface area (Å²) < 4.78 is 3.67. The minimum atomic E-state index is 0.462. The van der Waals surface area contributed by atoms with Gasteiger partial charge in [0, 0.05) is 25.0 Å². The quantitative estimate of drug-likeness (QED) is 0.504. The van der Waals surface area contributed by atoms with Crippen molar-refractivity contribution in [3.63, 3.8) is 0 Å². The van der Waals surface area contributed by atoms with Gasteiger partial charge in [-0.05, 0) is 25.7 Å². The Morgan fingerprint density at radius 2 is 1.80 bits per heavy atom. The highest BCUT2D eigenvalue weighted by Gasteiger charge is 2.08. The lowest BCUT2D eigenvalue weighted by molar-refractivity contribution is 0.881. The van der Waals surface area contributed by atoms with Gasteiger partial charge in [-0.3, -0.25) is 4.98 Å². The largest absolute Gasteiger partial charge is 0.327 e. The van der Waals surface area contributed by atoms with Gasteiger partial charge in [0.2, 0.25) is 5.82 Å². The Morgan fingerprint density at radius 3 is 2.56 bits per heavy atom. The number of aromatic nitrogens is 6. The van der Waals surface area contributed by atoms with E-state index in [4.69, 9.17) is 0 Å². The van der Waals surface area contributed by atoms with Gasteiger partial charge in [-0.25, -0.2) is 9.50 Å². The zero-order valence-corrected chi connectivity index (χ0v) is 14.2. The molecule has 0 N–H and O–H groups in total. The Labute approximate surface area is 145 Å². The summed E-state index contributed by atoms with van der Waals surface area (Å²) in [6.07, 6.45) is 3.74. The first-order valence-electron chi connectivity index (χ1n) is 7.91. The molecule has 6 heteroatoms. The maximum absolute atomic E-state index is 4.60. The second kappa shape index (κ2) is 5.87. The molecular weight excluding hydrogens is 312 g/mol. The molecule has 122 valence electrons. The number of rotatable bonds is 1. The number of benzene rings is 1. The average molecular weight is 328 g/mol. The van der Waals surface area contributed by atoms with Crippen LogP contribution in [0.4, 0.5) is 0 Å². The molecule has 0 aliphatic heterocycles. The molecule has 6 nitrogen and oxygen atoms in total. The summed E-state index contributed by atoms with van der Waals surface area (Å²) in [5, 5.41) is 4.44. The Bertz CT molecular complexity index is 1090. The third-order valence-electron chi connectivity index (χ3n) is 3.94. The molecule has 0 amide bonds. The zero-order valence-electron chi connectivity index (χ0n) is 14.2. The zero-order chi connectivity index (χ0) is 17.4. The molecule has 0 aliphatic rings. The van der Waals surface area contributed by atoms with Crippen LogP contribution in [0.15, 0.2) is 42.7 Å². The summed E-state index contributed by atoms with van der Waals surface area (Å²) >= 11 is 0. The van der Waals surface area contributed by atoms with E-state index in [-0.39, 0.29) is 0 Å². The van der Waals surface area contributed by atoms with Gasteiger partial charge in [0.05, 0.1) is 17.1 Å². The Kier molecular flexibility index (Phi) is 3.55. The van der Waals surface area contributed by atoms with Gasteiger partial charge in [0.1, 0.15) is 0 Å². The van der Waals surface area contributed by atoms with Gasteiger partial charge in [0.25, 0.3) is 0 Å². The molecule has 4 aromatic rings. The third kappa shape index (κ3) is 2.76. The third-order valence-corrected chi connectivity index (χ3v) is 3.94. The molecule has 0 saturated heterocycles. The van der Waals surface area contributed by atoms with E-state index < -0.39 is 0 Å². The molecule has 3 aromatic heterocycles. The van der Waals surface area contributed by atoms with Crippen LogP contribution >= 0.6 is 0 Å². The molecule has 1 aromatic carbocycles.